The van der Waals surface area contributed by atoms with E-state index in [0.29, 0.717) is 25.1 Å². The molecule has 1 aliphatic heterocycles. The molecule has 0 bridgehead atoms. The molecule has 2 amide bonds. The minimum atomic E-state index is -0.914. The van der Waals surface area contributed by atoms with Gasteiger partial charge in [-0.3, -0.25) is 9.59 Å². The second-order valence-corrected chi connectivity index (χ2v) is 7.31. The van der Waals surface area contributed by atoms with Gasteiger partial charge in [0.25, 0.3) is 0 Å². The Labute approximate surface area is 159 Å². The number of amides is 2. The number of likely N-dealkylation sites (tertiary alicyclic amines) is 1. The van der Waals surface area contributed by atoms with Crippen LogP contribution in [0, 0.1) is 0 Å². The molecule has 0 aliphatic carbocycles. The predicted octanol–water partition coefficient (Wildman–Crippen LogP) is 3.18. The first-order valence-corrected chi connectivity index (χ1v) is 9.56. The smallest absolute Gasteiger partial charge is 0.246 e. The minimum Gasteiger partial charge on any atom is -0.361 e. The lowest BCUT2D eigenvalue weighted by Crippen LogP contribution is -2.59. The monoisotopic (exact) mass is 369 g/mol. The minimum absolute atomic E-state index is 0.0541. The van der Waals surface area contributed by atoms with E-state index in [-0.39, 0.29) is 17.9 Å². The van der Waals surface area contributed by atoms with E-state index in [4.69, 9.17) is 4.52 Å². The first kappa shape index (κ1) is 19.1. The van der Waals surface area contributed by atoms with Gasteiger partial charge in [-0.15, -0.1) is 0 Å². The van der Waals surface area contributed by atoms with Crippen LogP contribution in [0.15, 0.2) is 40.9 Å². The fourth-order valence-corrected chi connectivity index (χ4v) is 3.73. The highest BCUT2D eigenvalue weighted by Gasteiger charge is 2.49. The van der Waals surface area contributed by atoms with Crippen LogP contribution in [0.1, 0.15) is 45.8 Å². The molecule has 1 N–H and O–H groups in total. The van der Waals surface area contributed by atoms with Crippen LogP contribution in [0.25, 0.3) is 11.3 Å². The van der Waals surface area contributed by atoms with Crippen molar-refractivity contribution in [1.82, 2.24) is 15.4 Å². The van der Waals surface area contributed by atoms with Crippen LogP contribution in [0.2, 0.25) is 0 Å². The molecular weight excluding hydrogens is 342 g/mol. The number of nitrogens with one attached hydrogen (secondary N) is 1. The van der Waals surface area contributed by atoms with Crippen molar-refractivity contribution >= 4 is 11.8 Å². The van der Waals surface area contributed by atoms with E-state index in [2.05, 4.69) is 10.5 Å². The van der Waals surface area contributed by atoms with Gasteiger partial charge in [0.15, 0.2) is 0 Å². The van der Waals surface area contributed by atoms with Gasteiger partial charge in [0.1, 0.15) is 17.0 Å². The van der Waals surface area contributed by atoms with Crippen LogP contribution in [-0.2, 0) is 16.0 Å². The number of hydrogen-bond donors (Lipinski definition) is 1. The third-order valence-corrected chi connectivity index (χ3v) is 5.38. The molecule has 0 saturated carbocycles. The molecular formula is C21H27N3O3. The Hall–Kier alpha value is -2.63. The Bertz CT molecular complexity index is 802. The van der Waals surface area contributed by atoms with Gasteiger partial charge in [0, 0.05) is 37.6 Å². The molecule has 1 aromatic carbocycles. The Morgan fingerprint density at radius 1 is 1.33 bits per heavy atom. The standard InChI is InChI=1S/C21H27N3O3/c1-4-15(2)22-20(26)21(11-8-12-24(21)16(3)25)14-18-13-19(23-27-18)17-9-6-5-7-10-17/h5-7,9-10,13,15H,4,8,11-12,14H2,1-3H3,(H,22,26). The maximum Gasteiger partial charge on any atom is 0.246 e. The lowest BCUT2D eigenvalue weighted by molar-refractivity contribution is -0.144. The Morgan fingerprint density at radius 3 is 2.74 bits per heavy atom. The molecule has 2 unspecified atom stereocenters. The Morgan fingerprint density at radius 2 is 2.07 bits per heavy atom. The zero-order chi connectivity index (χ0) is 19.4. The van der Waals surface area contributed by atoms with Gasteiger partial charge < -0.3 is 14.7 Å². The van der Waals surface area contributed by atoms with Gasteiger partial charge in [0.2, 0.25) is 11.8 Å². The highest BCUT2D eigenvalue weighted by Crippen LogP contribution is 2.34. The molecule has 2 atom stereocenters. The highest BCUT2D eigenvalue weighted by atomic mass is 16.5. The summed E-state index contributed by atoms with van der Waals surface area (Å²) in [4.78, 5) is 27.1. The van der Waals surface area contributed by atoms with Gasteiger partial charge in [-0.1, -0.05) is 42.4 Å². The molecule has 27 heavy (non-hydrogen) atoms. The molecule has 1 aromatic heterocycles. The molecule has 2 heterocycles. The topological polar surface area (TPSA) is 75.4 Å². The molecule has 0 radical (unpaired) electrons. The molecule has 0 spiro atoms. The quantitative estimate of drug-likeness (QED) is 0.848. The third kappa shape index (κ3) is 3.89. The summed E-state index contributed by atoms with van der Waals surface area (Å²) < 4.78 is 5.55. The van der Waals surface area contributed by atoms with Crippen molar-refractivity contribution in [2.75, 3.05) is 6.54 Å². The summed E-state index contributed by atoms with van der Waals surface area (Å²) in [5.74, 6) is 0.415. The summed E-state index contributed by atoms with van der Waals surface area (Å²) in [5.41, 5.74) is 0.777. The number of rotatable bonds is 6. The second-order valence-electron chi connectivity index (χ2n) is 7.31. The zero-order valence-electron chi connectivity index (χ0n) is 16.2. The van der Waals surface area contributed by atoms with Gasteiger partial charge >= 0.3 is 0 Å². The van der Waals surface area contributed by atoms with Crippen LogP contribution in [-0.4, -0.2) is 40.0 Å². The highest BCUT2D eigenvalue weighted by molar-refractivity contribution is 5.92. The molecule has 2 aromatic rings. The fourth-order valence-electron chi connectivity index (χ4n) is 3.73. The number of carbonyl (C=O) groups is 2. The van der Waals surface area contributed by atoms with E-state index in [1.54, 1.807) is 4.90 Å². The first-order chi connectivity index (χ1) is 13.0. The van der Waals surface area contributed by atoms with Crippen LogP contribution < -0.4 is 5.32 Å². The van der Waals surface area contributed by atoms with E-state index in [1.165, 1.54) is 6.92 Å². The molecule has 3 rings (SSSR count). The van der Waals surface area contributed by atoms with Crippen LogP contribution in [0.4, 0.5) is 0 Å². The van der Waals surface area contributed by atoms with Crippen LogP contribution in [0.5, 0.6) is 0 Å². The SMILES string of the molecule is CCC(C)NC(=O)C1(Cc2cc(-c3ccccc3)no2)CCCN1C(C)=O. The molecule has 1 fully saturated rings. The van der Waals surface area contributed by atoms with Crippen molar-refractivity contribution in [2.45, 2.75) is 58.0 Å². The van der Waals surface area contributed by atoms with Crippen molar-refractivity contribution in [3.8, 4) is 11.3 Å². The number of carbonyl (C=O) groups excluding carboxylic acids is 2. The maximum absolute atomic E-state index is 13.2. The van der Waals surface area contributed by atoms with Crippen molar-refractivity contribution < 1.29 is 14.1 Å². The predicted molar refractivity (Wildman–Crippen MR) is 103 cm³/mol. The van der Waals surface area contributed by atoms with Gasteiger partial charge in [-0.2, -0.15) is 0 Å². The zero-order valence-corrected chi connectivity index (χ0v) is 16.2. The largest absolute Gasteiger partial charge is 0.361 e. The van der Waals surface area contributed by atoms with Gasteiger partial charge in [0.05, 0.1) is 0 Å². The van der Waals surface area contributed by atoms with Crippen molar-refractivity contribution in [3.63, 3.8) is 0 Å². The van der Waals surface area contributed by atoms with E-state index >= 15 is 0 Å². The molecule has 6 heteroatoms. The Kier molecular flexibility index (Phi) is 5.63. The summed E-state index contributed by atoms with van der Waals surface area (Å²) in [5, 5.41) is 7.22. The lowest BCUT2D eigenvalue weighted by atomic mass is 9.88. The molecule has 1 saturated heterocycles. The van der Waals surface area contributed by atoms with E-state index in [0.717, 1.165) is 24.1 Å². The van der Waals surface area contributed by atoms with Crippen molar-refractivity contribution in [3.05, 3.63) is 42.2 Å². The van der Waals surface area contributed by atoms with E-state index in [9.17, 15) is 9.59 Å². The Balaban J connectivity index is 1.89. The number of benzene rings is 1. The van der Waals surface area contributed by atoms with Crippen molar-refractivity contribution in [2.24, 2.45) is 0 Å². The maximum atomic E-state index is 13.2. The lowest BCUT2D eigenvalue weighted by Gasteiger charge is -2.36. The third-order valence-electron chi connectivity index (χ3n) is 5.38. The summed E-state index contributed by atoms with van der Waals surface area (Å²) >= 11 is 0. The summed E-state index contributed by atoms with van der Waals surface area (Å²) in [7, 11) is 0. The molecule has 1 aliphatic rings. The molecule has 6 nitrogen and oxygen atoms in total. The summed E-state index contributed by atoms with van der Waals surface area (Å²) in [6.45, 7) is 6.10. The van der Waals surface area contributed by atoms with Crippen LogP contribution in [0.3, 0.4) is 0 Å². The number of nitrogens with zero attached hydrogens (tertiary/aromatic N) is 2. The normalized spacial score (nSPS) is 20.5. The first-order valence-electron chi connectivity index (χ1n) is 9.56. The number of hydrogen-bond acceptors (Lipinski definition) is 4. The second kappa shape index (κ2) is 7.94. The van der Waals surface area contributed by atoms with Crippen molar-refractivity contribution in [1.29, 1.82) is 0 Å². The average Bonchev–Trinajstić information content (AvgIpc) is 3.30. The van der Waals surface area contributed by atoms with Crippen LogP contribution >= 0.6 is 0 Å². The van der Waals surface area contributed by atoms with Gasteiger partial charge in [-0.25, -0.2) is 0 Å². The van der Waals surface area contributed by atoms with Gasteiger partial charge in [-0.05, 0) is 26.2 Å². The van der Waals surface area contributed by atoms with E-state index < -0.39 is 5.54 Å². The van der Waals surface area contributed by atoms with E-state index in [1.807, 2.05) is 50.2 Å². The number of aromatic nitrogens is 1. The molecule has 144 valence electrons. The fraction of sp³-hybridized carbons (Fsp3) is 0.476. The average molecular weight is 369 g/mol. The summed E-state index contributed by atoms with van der Waals surface area (Å²) in [6, 6.07) is 11.7. The summed E-state index contributed by atoms with van der Waals surface area (Å²) in [6.07, 6.45) is 2.58.